The van der Waals surface area contributed by atoms with E-state index < -0.39 is 15.9 Å². The Morgan fingerprint density at radius 2 is 1.86 bits per heavy atom. The van der Waals surface area contributed by atoms with Crippen LogP contribution < -0.4 is 10.2 Å². The average Bonchev–Trinajstić information content (AvgIpc) is 3.03. The minimum atomic E-state index is -3.23. The molecule has 0 bridgehead atoms. The lowest BCUT2D eigenvalue weighted by atomic mass is 10.0. The lowest BCUT2D eigenvalue weighted by Crippen LogP contribution is -2.37. The highest BCUT2D eigenvalue weighted by atomic mass is 32.2. The normalized spacial score (nSPS) is 18.2. The molecule has 9 heteroatoms. The topological polar surface area (TPSA) is 101 Å². The Bertz CT molecular complexity index is 960. The van der Waals surface area contributed by atoms with E-state index in [2.05, 4.69) is 15.3 Å². The van der Waals surface area contributed by atoms with Crippen LogP contribution in [0.1, 0.15) is 32.4 Å². The van der Waals surface area contributed by atoms with Gasteiger partial charge in [-0.15, -0.1) is 0 Å². The van der Waals surface area contributed by atoms with Crippen LogP contribution in [0, 0.1) is 5.92 Å². The molecule has 1 fully saturated rings. The second-order valence-corrected chi connectivity index (χ2v) is 9.22. The third-order valence-electron chi connectivity index (χ3n) is 4.72. The van der Waals surface area contributed by atoms with Gasteiger partial charge in [-0.3, -0.25) is 4.90 Å². The molecular formula is C19H24N4O4S. The Hall–Kier alpha value is -2.68. The second-order valence-electron chi connectivity index (χ2n) is 7.20. The average molecular weight is 404 g/mol. The van der Waals surface area contributed by atoms with Gasteiger partial charge in [-0.05, 0) is 36.6 Å². The fourth-order valence-electron chi connectivity index (χ4n) is 3.02. The van der Waals surface area contributed by atoms with Crippen molar-refractivity contribution in [2.75, 3.05) is 23.1 Å². The van der Waals surface area contributed by atoms with E-state index >= 15 is 0 Å². The summed E-state index contributed by atoms with van der Waals surface area (Å²) in [4.78, 5) is 22.7. The molecule has 8 nitrogen and oxygen atoms in total. The minimum absolute atomic E-state index is 0.0730. The number of benzene rings is 1. The molecule has 1 aromatic heterocycles. The predicted molar refractivity (Wildman–Crippen MR) is 106 cm³/mol. The number of sulfone groups is 1. The van der Waals surface area contributed by atoms with Gasteiger partial charge in [0.25, 0.3) is 0 Å². The lowest BCUT2D eigenvalue weighted by Gasteiger charge is -2.23. The van der Waals surface area contributed by atoms with E-state index in [4.69, 9.17) is 4.74 Å². The quantitative estimate of drug-likeness (QED) is 0.789. The molecule has 1 aromatic carbocycles. The SMILES string of the molecule is CC(C)C1COC(=O)N1c1ccnc(N[C@@H](C)c2ccc(S(C)(=O)=O)cc2)n1. The van der Waals surface area contributed by atoms with Crippen LogP contribution in [0.5, 0.6) is 0 Å². The Morgan fingerprint density at radius 3 is 2.46 bits per heavy atom. The molecule has 3 rings (SSSR count). The molecular weight excluding hydrogens is 380 g/mol. The van der Waals surface area contributed by atoms with Gasteiger partial charge in [0.2, 0.25) is 5.95 Å². The lowest BCUT2D eigenvalue weighted by molar-refractivity contribution is 0.177. The van der Waals surface area contributed by atoms with Gasteiger partial charge < -0.3 is 10.1 Å². The first-order valence-corrected chi connectivity index (χ1v) is 10.9. The molecule has 150 valence electrons. The largest absolute Gasteiger partial charge is 0.447 e. The molecule has 0 spiro atoms. The maximum atomic E-state index is 12.1. The van der Waals surface area contributed by atoms with Crippen LogP contribution >= 0.6 is 0 Å². The van der Waals surface area contributed by atoms with Crippen LogP contribution in [0.25, 0.3) is 0 Å². The van der Waals surface area contributed by atoms with Crippen molar-refractivity contribution in [3.05, 3.63) is 42.1 Å². The minimum Gasteiger partial charge on any atom is -0.447 e. The van der Waals surface area contributed by atoms with Crippen molar-refractivity contribution in [3.63, 3.8) is 0 Å². The standard InChI is InChI=1S/C19H24N4O4S/c1-12(2)16-11-27-19(24)23(16)17-9-10-20-18(22-17)21-13(3)14-5-7-15(8-6-14)28(4,25)26/h5-10,12-13,16H,11H2,1-4H3,(H,20,21,22)/t13-,16?/m0/s1. The van der Waals surface area contributed by atoms with Crippen molar-refractivity contribution < 1.29 is 17.9 Å². The highest BCUT2D eigenvalue weighted by Gasteiger charge is 2.37. The van der Waals surface area contributed by atoms with Crippen LogP contribution in [-0.4, -0.2) is 43.4 Å². The molecule has 2 aromatic rings. The molecule has 0 radical (unpaired) electrons. The number of amides is 1. The van der Waals surface area contributed by atoms with Crippen molar-refractivity contribution in [2.45, 2.75) is 37.8 Å². The number of rotatable bonds is 6. The zero-order valence-electron chi connectivity index (χ0n) is 16.3. The maximum Gasteiger partial charge on any atom is 0.415 e. The molecule has 1 aliphatic heterocycles. The smallest absolute Gasteiger partial charge is 0.415 e. The molecule has 1 saturated heterocycles. The van der Waals surface area contributed by atoms with E-state index in [-0.39, 0.29) is 22.9 Å². The summed E-state index contributed by atoms with van der Waals surface area (Å²) in [7, 11) is -3.23. The second kappa shape index (κ2) is 7.75. The molecule has 0 saturated carbocycles. The number of anilines is 2. The van der Waals surface area contributed by atoms with Gasteiger partial charge in [0, 0.05) is 12.5 Å². The summed E-state index contributed by atoms with van der Waals surface area (Å²) in [6.45, 7) is 6.32. The molecule has 2 heterocycles. The van der Waals surface area contributed by atoms with E-state index in [1.807, 2.05) is 20.8 Å². The predicted octanol–water partition coefficient (Wildman–Crippen LogP) is 3.03. The summed E-state index contributed by atoms with van der Waals surface area (Å²) in [6, 6.07) is 8.11. The first-order valence-electron chi connectivity index (χ1n) is 9.02. The molecule has 0 aliphatic carbocycles. The number of carbonyl (C=O) groups is 1. The number of hydrogen-bond donors (Lipinski definition) is 1. The number of nitrogens with zero attached hydrogens (tertiary/aromatic N) is 3. The van der Waals surface area contributed by atoms with E-state index in [0.717, 1.165) is 5.56 Å². The van der Waals surface area contributed by atoms with Gasteiger partial charge in [0.05, 0.1) is 17.0 Å². The maximum absolute atomic E-state index is 12.1. The Kier molecular flexibility index (Phi) is 5.55. The van der Waals surface area contributed by atoms with Gasteiger partial charge in [-0.25, -0.2) is 18.2 Å². The Labute approximate surface area is 164 Å². The highest BCUT2D eigenvalue weighted by molar-refractivity contribution is 7.90. The Balaban J connectivity index is 1.78. The van der Waals surface area contributed by atoms with Crippen LogP contribution in [0.4, 0.5) is 16.6 Å². The van der Waals surface area contributed by atoms with Crippen molar-refractivity contribution in [3.8, 4) is 0 Å². The third kappa shape index (κ3) is 4.24. The fraction of sp³-hybridized carbons (Fsp3) is 0.421. The fourth-order valence-corrected chi connectivity index (χ4v) is 3.65. The summed E-state index contributed by atoms with van der Waals surface area (Å²) in [6.07, 6.45) is 2.36. The van der Waals surface area contributed by atoms with Crippen molar-refractivity contribution in [2.24, 2.45) is 5.92 Å². The van der Waals surface area contributed by atoms with Crippen LogP contribution in [0.3, 0.4) is 0 Å². The number of nitrogens with one attached hydrogen (secondary N) is 1. The molecule has 28 heavy (non-hydrogen) atoms. The van der Waals surface area contributed by atoms with Gasteiger partial charge in [-0.2, -0.15) is 4.98 Å². The number of ether oxygens (including phenoxy) is 1. The van der Waals surface area contributed by atoms with Gasteiger partial charge in [-0.1, -0.05) is 26.0 Å². The summed E-state index contributed by atoms with van der Waals surface area (Å²) in [5.74, 6) is 1.09. The Morgan fingerprint density at radius 1 is 1.18 bits per heavy atom. The number of cyclic esters (lactones) is 1. The number of aromatic nitrogens is 2. The van der Waals surface area contributed by atoms with Crippen LogP contribution in [0.2, 0.25) is 0 Å². The number of hydrogen-bond acceptors (Lipinski definition) is 7. The van der Waals surface area contributed by atoms with E-state index in [9.17, 15) is 13.2 Å². The highest BCUT2D eigenvalue weighted by Crippen LogP contribution is 2.26. The third-order valence-corrected chi connectivity index (χ3v) is 5.85. The van der Waals surface area contributed by atoms with E-state index in [0.29, 0.717) is 18.4 Å². The summed E-state index contributed by atoms with van der Waals surface area (Å²) in [5.41, 5.74) is 0.891. The summed E-state index contributed by atoms with van der Waals surface area (Å²) < 4.78 is 28.4. The van der Waals surface area contributed by atoms with E-state index in [1.54, 1.807) is 41.4 Å². The summed E-state index contributed by atoms with van der Waals surface area (Å²) in [5, 5.41) is 3.19. The van der Waals surface area contributed by atoms with Gasteiger partial charge in [0.15, 0.2) is 9.84 Å². The summed E-state index contributed by atoms with van der Waals surface area (Å²) >= 11 is 0. The van der Waals surface area contributed by atoms with Crippen molar-refractivity contribution >= 4 is 27.7 Å². The van der Waals surface area contributed by atoms with Gasteiger partial charge >= 0.3 is 6.09 Å². The first kappa shape index (κ1) is 20.1. The van der Waals surface area contributed by atoms with Crippen molar-refractivity contribution in [1.82, 2.24) is 9.97 Å². The first-order chi connectivity index (χ1) is 13.2. The van der Waals surface area contributed by atoms with Crippen LogP contribution in [0.15, 0.2) is 41.4 Å². The zero-order chi connectivity index (χ0) is 20.5. The molecule has 1 unspecified atom stereocenters. The van der Waals surface area contributed by atoms with E-state index in [1.165, 1.54) is 6.26 Å². The number of carbonyl (C=O) groups excluding carboxylic acids is 1. The molecule has 1 aliphatic rings. The van der Waals surface area contributed by atoms with Crippen LogP contribution in [-0.2, 0) is 14.6 Å². The monoisotopic (exact) mass is 404 g/mol. The van der Waals surface area contributed by atoms with Gasteiger partial charge in [0.1, 0.15) is 12.4 Å². The van der Waals surface area contributed by atoms with Crippen molar-refractivity contribution in [1.29, 1.82) is 0 Å². The molecule has 1 amide bonds. The molecule has 2 atom stereocenters. The molecule has 1 N–H and O–H groups in total. The zero-order valence-corrected chi connectivity index (χ0v) is 17.1.